The van der Waals surface area contributed by atoms with Gasteiger partial charge in [0.25, 0.3) is 0 Å². The molecule has 1 aliphatic rings. The Hall–Kier alpha value is -2.88. The van der Waals surface area contributed by atoms with Gasteiger partial charge in [-0.1, -0.05) is 18.2 Å². The quantitative estimate of drug-likeness (QED) is 0.501. The smallest absolute Gasteiger partial charge is 0.348 e. The van der Waals surface area contributed by atoms with Crippen LogP contribution in [0.1, 0.15) is 20.7 Å². The standard InChI is InChI=1S/C16H9NO3/c18-15-11-5-3-4-10-6-7-12(17-8-1-2-9-17)14(13(10)11)16(19)20-15/h1-9H. The molecule has 1 aromatic heterocycles. The predicted octanol–water partition coefficient (Wildman–Crippen LogP) is 2.94. The Morgan fingerprint density at radius 2 is 1.65 bits per heavy atom. The van der Waals surface area contributed by atoms with Crippen LogP contribution >= 0.6 is 0 Å². The van der Waals surface area contributed by atoms with E-state index >= 15 is 0 Å². The van der Waals surface area contributed by atoms with Gasteiger partial charge in [-0.25, -0.2) is 9.59 Å². The van der Waals surface area contributed by atoms with E-state index in [9.17, 15) is 9.59 Å². The number of nitrogens with zero attached hydrogens (tertiary/aromatic N) is 1. The third kappa shape index (κ3) is 1.36. The molecule has 0 atom stereocenters. The maximum absolute atomic E-state index is 12.1. The zero-order valence-corrected chi connectivity index (χ0v) is 10.4. The van der Waals surface area contributed by atoms with Gasteiger partial charge in [-0.15, -0.1) is 0 Å². The molecule has 0 saturated heterocycles. The molecule has 1 aliphatic heterocycles. The van der Waals surface area contributed by atoms with Crippen LogP contribution in [0.15, 0.2) is 54.9 Å². The molecule has 0 amide bonds. The molecule has 4 rings (SSSR count). The van der Waals surface area contributed by atoms with E-state index < -0.39 is 11.9 Å². The second kappa shape index (κ2) is 3.81. The largest absolute Gasteiger partial charge is 0.386 e. The molecule has 4 heteroatoms. The normalized spacial score (nSPS) is 13.6. The number of aromatic nitrogens is 1. The molecule has 0 unspecified atom stereocenters. The highest BCUT2D eigenvalue weighted by atomic mass is 16.6. The minimum Gasteiger partial charge on any atom is -0.386 e. The second-order valence-electron chi connectivity index (χ2n) is 4.63. The first-order chi connectivity index (χ1) is 9.75. The van der Waals surface area contributed by atoms with E-state index in [1.54, 1.807) is 12.1 Å². The van der Waals surface area contributed by atoms with Gasteiger partial charge < -0.3 is 9.30 Å². The lowest BCUT2D eigenvalue weighted by atomic mass is 9.96. The Labute approximate surface area is 114 Å². The lowest BCUT2D eigenvalue weighted by Gasteiger charge is -2.18. The second-order valence-corrected chi connectivity index (χ2v) is 4.63. The van der Waals surface area contributed by atoms with Crippen molar-refractivity contribution in [2.45, 2.75) is 0 Å². The van der Waals surface area contributed by atoms with Crippen LogP contribution in [0.5, 0.6) is 0 Å². The number of benzene rings is 2. The van der Waals surface area contributed by atoms with E-state index in [1.165, 1.54) is 0 Å². The van der Waals surface area contributed by atoms with E-state index in [4.69, 9.17) is 4.74 Å². The molecule has 2 aromatic carbocycles. The van der Waals surface area contributed by atoms with Gasteiger partial charge in [-0.2, -0.15) is 0 Å². The molecule has 0 aliphatic carbocycles. The third-order valence-corrected chi connectivity index (χ3v) is 3.52. The topological polar surface area (TPSA) is 48.3 Å². The Morgan fingerprint density at radius 3 is 2.45 bits per heavy atom. The number of hydrogen-bond donors (Lipinski definition) is 0. The van der Waals surface area contributed by atoms with Gasteiger partial charge in [0.05, 0.1) is 16.8 Å². The average molecular weight is 263 g/mol. The van der Waals surface area contributed by atoms with Crippen LogP contribution in [0.2, 0.25) is 0 Å². The number of hydrogen-bond acceptors (Lipinski definition) is 3. The molecule has 4 nitrogen and oxygen atoms in total. The van der Waals surface area contributed by atoms with Crippen molar-refractivity contribution >= 4 is 22.7 Å². The van der Waals surface area contributed by atoms with Crippen LogP contribution in [0.3, 0.4) is 0 Å². The van der Waals surface area contributed by atoms with Crippen molar-refractivity contribution < 1.29 is 14.3 Å². The fourth-order valence-corrected chi connectivity index (χ4v) is 2.65. The Kier molecular flexibility index (Phi) is 2.09. The molecule has 3 aromatic rings. The number of rotatable bonds is 1. The number of ether oxygens (including phenoxy) is 1. The summed E-state index contributed by atoms with van der Waals surface area (Å²) in [7, 11) is 0. The van der Waals surface area contributed by atoms with Crippen molar-refractivity contribution in [3.05, 3.63) is 66.0 Å². The Bertz CT molecular complexity index is 863. The molecule has 0 saturated carbocycles. The lowest BCUT2D eigenvalue weighted by molar-refractivity contribution is 0.0391. The van der Waals surface area contributed by atoms with Crippen molar-refractivity contribution in [1.82, 2.24) is 4.57 Å². The summed E-state index contributed by atoms with van der Waals surface area (Å²) in [6, 6.07) is 12.9. The molecule has 20 heavy (non-hydrogen) atoms. The summed E-state index contributed by atoms with van der Waals surface area (Å²) in [4.78, 5) is 24.0. The van der Waals surface area contributed by atoms with Crippen LogP contribution in [0.4, 0.5) is 0 Å². The maximum Gasteiger partial charge on any atom is 0.348 e. The van der Waals surface area contributed by atoms with Crippen LogP contribution in [0, 0.1) is 0 Å². The highest BCUT2D eigenvalue weighted by molar-refractivity contribution is 6.22. The zero-order valence-electron chi connectivity index (χ0n) is 10.4. The first-order valence-electron chi connectivity index (χ1n) is 6.21. The van der Waals surface area contributed by atoms with E-state index in [-0.39, 0.29) is 0 Å². The van der Waals surface area contributed by atoms with Gasteiger partial charge >= 0.3 is 11.9 Å². The summed E-state index contributed by atoms with van der Waals surface area (Å²) in [5.41, 5.74) is 1.59. The minimum atomic E-state index is -0.594. The number of carbonyl (C=O) groups excluding carboxylic acids is 2. The molecule has 0 radical (unpaired) electrons. The van der Waals surface area contributed by atoms with Crippen LogP contribution < -0.4 is 0 Å². The SMILES string of the molecule is O=C1OC(=O)c2c(-n3cccc3)ccc3cccc1c23. The van der Waals surface area contributed by atoms with Gasteiger partial charge in [0, 0.05) is 17.8 Å². The molecule has 0 bridgehead atoms. The molecule has 2 heterocycles. The van der Waals surface area contributed by atoms with Gasteiger partial charge in [-0.3, -0.25) is 0 Å². The highest BCUT2D eigenvalue weighted by Gasteiger charge is 2.29. The summed E-state index contributed by atoms with van der Waals surface area (Å²) in [6.45, 7) is 0. The van der Waals surface area contributed by atoms with E-state index in [2.05, 4.69) is 0 Å². The fraction of sp³-hybridized carbons (Fsp3) is 0. The van der Waals surface area contributed by atoms with Crippen LogP contribution in [-0.2, 0) is 4.74 Å². The first kappa shape index (κ1) is 11.0. The van der Waals surface area contributed by atoms with E-state index in [0.29, 0.717) is 22.2 Å². The molecule has 96 valence electrons. The van der Waals surface area contributed by atoms with Gasteiger partial charge in [-0.05, 0) is 29.7 Å². The van der Waals surface area contributed by atoms with Crippen LogP contribution in [0.25, 0.3) is 16.5 Å². The summed E-state index contributed by atoms with van der Waals surface area (Å²) < 4.78 is 6.69. The van der Waals surface area contributed by atoms with E-state index in [1.807, 2.05) is 47.3 Å². The molecule has 0 N–H and O–H groups in total. The summed E-state index contributed by atoms with van der Waals surface area (Å²) >= 11 is 0. The van der Waals surface area contributed by atoms with Crippen molar-refractivity contribution in [2.75, 3.05) is 0 Å². The molecular weight excluding hydrogens is 254 g/mol. The van der Waals surface area contributed by atoms with Crippen molar-refractivity contribution in [2.24, 2.45) is 0 Å². The maximum atomic E-state index is 12.1. The average Bonchev–Trinajstić information content (AvgIpc) is 2.98. The van der Waals surface area contributed by atoms with Gasteiger partial charge in [0.2, 0.25) is 0 Å². The predicted molar refractivity (Wildman–Crippen MR) is 73.0 cm³/mol. The third-order valence-electron chi connectivity index (χ3n) is 3.52. The van der Waals surface area contributed by atoms with E-state index in [0.717, 1.165) is 5.39 Å². The van der Waals surface area contributed by atoms with Crippen LogP contribution in [-0.4, -0.2) is 16.5 Å². The molecular formula is C16H9NO3. The monoisotopic (exact) mass is 263 g/mol. The highest BCUT2D eigenvalue weighted by Crippen LogP contribution is 2.32. The summed E-state index contributed by atoms with van der Waals surface area (Å²) in [5, 5.41) is 1.53. The fourth-order valence-electron chi connectivity index (χ4n) is 2.65. The van der Waals surface area contributed by atoms with Crippen molar-refractivity contribution in [3.8, 4) is 5.69 Å². The zero-order chi connectivity index (χ0) is 13.7. The number of cyclic esters (lactones) is 2. The first-order valence-corrected chi connectivity index (χ1v) is 6.21. The summed E-state index contributed by atoms with van der Waals surface area (Å²) in [5.74, 6) is -1.18. The Morgan fingerprint density at radius 1 is 0.850 bits per heavy atom. The molecule has 0 spiro atoms. The molecule has 0 fully saturated rings. The van der Waals surface area contributed by atoms with Crippen molar-refractivity contribution in [3.63, 3.8) is 0 Å². The van der Waals surface area contributed by atoms with Gasteiger partial charge in [0.1, 0.15) is 0 Å². The van der Waals surface area contributed by atoms with Crippen molar-refractivity contribution in [1.29, 1.82) is 0 Å². The minimum absolute atomic E-state index is 0.436. The lowest BCUT2D eigenvalue weighted by Crippen LogP contribution is -2.21. The summed E-state index contributed by atoms with van der Waals surface area (Å²) in [6.07, 6.45) is 3.70. The number of esters is 2. The number of carbonyl (C=O) groups is 2. The Balaban J connectivity index is 2.18. The van der Waals surface area contributed by atoms with Gasteiger partial charge in [0.15, 0.2) is 0 Å².